The normalized spacial score (nSPS) is 9.75. The fourth-order valence-electron chi connectivity index (χ4n) is 4.45. The van der Waals surface area contributed by atoms with Crippen LogP contribution in [0.25, 0.3) is 44.5 Å². The summed E-state index contributed by atoms with van der Waals surface area (Å²) in [6.07, 6.45) is 0. The van der Waals surface area contributed by atoms with Crippen LogP contribution in [0, 0.1) is 26.0 Å². The molecule has 0 saturated heterocycles. The van der Waals surface area contributed by atoms with Gasteiger partial charge in [-0.1, -0.05) is 123 Å². The molecule has 0 aromatic heterocycles. The van der Waals surface area contributed by atoms with Crippen LogP contribution in [0.1, 0.15) is 11.1 Å². The van der Waals surface area contributed by atoms with Crippen molar-refractivity contribution in [2.24, 2.45) is 0 Å². The molecule has 0 aliphatic heterocycles. The molecule has 0 amide bonds. The Hall–Kier alpha value is -2.48. The minimum absolute atomic E-state index is 0.750. The fourth-order valence-corrected chi connectivity index (χ4v) is 4.45. The SMILES string of the molecule is C[SiH]C.Cc1[c-]c2ccccc(-c3ccccc3)c-2c1.Cc1[c-]c2ccccc(-c3ccccc3)c-2c1.[Cl][Zr+2][Cl]. The van der Waals surface area contributed by atoms with Crippen molar-refractivity contribution in [3.63, 3.8) is 0 Å². The number of hydrogen-bond donors (Lipinski definition) is 0. The standard InChI is InChI=1S/2C17H13.C2H7Si.2ClH.Zr/c2*1-13-11-15-9-5-6-10-16(17(15)12-13)14-7-3-2-4-8-14;1-3-2;;;/h2*2-10,12H,1H3;3H,1-2H3;2*1H;/q2*-1;;;;+4/p-2. The maximum absolute atomic E-state index is 4.93. The molecule has 4 heteroatoms. The van der Waals surface area contributed by atoms with E-state index in [-0.39, 0.29) is 0 Å². The van der Waals surface area contributed by atoms with Crippen LogP contribution in [0.2, 0.25) is 13.1 Å². The molecule has 0 spiro atoms. The van der Waals surface area contributed by atoms with Crippen molar-refractivity contribution in [3.8, 4) is 44.5 Å². The number of halogens is 2. The summed E-state index contributed by atoms with van der Waals surface area (Å²) in [6.45, 7) is 8.60. The van der Waals surface area contributed by atoms with E-state index in [1.165, 1.54) is 55.6 Å². The molecule has 0 nitrogen and oxygen atoms in total. The Balaban J connectivity index is 0.000000185. The zero-order valence-electron chi connectivity index (χ0n) is 23.4. The Morgan fingerprint density at radius 3 is 1.15 bits per heavy atom. The average Bonchev–Trinajstić information content (AvgIpc) is 3.37. The van der Waals surface area contributed by atoms with Crippen LogP contribution < -0.4 is 0 Å². The number of fused-ring (bicyclic) bond motifs is 2. The molecule has 0 saturated carbocycles. The second-order valence-electron chi connectivity index (χ2n) is 9.20. The third-order valence-corrected chi connectivity index (χ3v) is 5.99. The number of aryl methyl sites for hydroxylation is 2. The van der Waals surface area contributed by atoms with Crippen LogP contribution in [0.3, 0.4) is 0 Å². The summed E-state index contributed by atoms with van der Waals surface area (Å²) in [5, 5.41) is 0. The van der Waals surface area contributed by atoms with Crippen LogP contribution in [-0.2, 0) is 20.8 Å². The molecular weight excluding hydrogens is 623 g/mol. The summed E-state index contributed by atoms with van der Waals surface area (Å²) in [5.41, 5.74) is 12.4. The zero-order chi connectivity index (χ0) is 28.7. The Bertz CT molecular complexity index is 1390. The van der Waals surface area contributed by atoms with E-state index in [2.05, 4.69) is 148 Å². The van der Waals surface area contributed by atoms with Gasteiger partial charge in [-0.25, -0.2) is 0 Å². The van der Waals surface area contributed by atoms with E-state index < -0.39 is 20.8 Å². The first-order chi connectivity index (χ1) is 19.5. The van der Waals surface area contributed by atoms with Crippen molar-refractivity contribution >= 4 is 26.5 Å². The Labute approximate surface area is 261 Å². The molecule has 40 heavy (non-hydrogen) atoms. The first-order valence-electron chi connectivity index (χ1n) is 13.2. The van der Waals surface area contributed by atoms with Gasteiger partial charge in [0.25, 0.3) is 0 Å². The zero-order valence-corrected chi connectivity index (χ0v) is 28.5. The second-order valence-corrected chi connectivity index (χ2v) is 14.1. The molecule has 0 N–H and O–H groups in total. The summed E-state index contributed by atoms with van der Waals surface area (Å²) < 4.78 is 0. The number of benzene rings is 2. The maximum atomic E-state index is 4.93. The Morgan fingerprint density at radius 2 is 0.800 bits per heavy atom. The molecule has 4 aliphatic carbocycles. The van der Waals surface area contributed by atoms with Crippen LogP contribution in [-0.4, -0.2) is 9.52 Å². The van der Waals surface area contributed by atoms with Crippen molar-refractivity contribution in [2.45, 2.75) is 26.9 Å². The summed E-state index contributed by atoms with van der Waals surface area (Å²) in [6, 6.07) is 49.1. The Kier molecular flexibility index (Phi) is 13.9. The molecule has 0 atom stereocenters. The Morgan fingerprint density at radius 1 is 0.500 bits per heavy atom. The minimum atomic E-state index is -0.826. The number of rotatable bonds is 2. The molecule has 4 aliphatic rings. The molecule has 0 bridgehead atoms. The van der Waals surface area contributed by atoms with Crippen LogP contribution in [0.4, 0.5) is 0 Å². The first-order valence-corrected chi connectivity index (χ1v) is 21.8. The monoisotopic (exact) mass is 653 g/mol. The summed E-state index contributed by atoms with van der Waals surface area (Å²) >= 11 is -0.826. The van der Waals surface area contributed by atoms with Gasteiger partial charge in [-0.15, -0.1) is 58.7 Å². The van der Waals surface area contributed by atoms with Crippen LogP contribution >= 0.6 is 17.0 Å². The van der Waals surface area contributed by atoms with Gasteiger partial charge in [0.05, 0.1) is 0 Å². The van der Waals surface area contributed by atoms with E-state index in [4.69, 9.17) is 17.0 Å². The van der Waals surface area contributed by atoms with Crippen molar-refractivity contribution in [3.05, 3.63) is 145 Å². The van der Waals surface area contributed by atoms with Crippen LogP contribution in [0.5, 0.6) is 0 Å². The topological polar surface area (TPSA) is 0 Å². The predicted octanol–water partition coefficient (Wildman–Crippen LogP) is 11.0. The summed E-state index contributed by atoms with van der Waals surface area (Å²) in [5.74, 6) is 0. The first kappa shape index (κ1) is 32.0. The summed E-state index contributed by atoms with van der Waals surface area (Å²) in [4.78, 5) is 0. The van der Waals surface area contributed by atoms with Gasteiger partial charge in [0.1, 0.15) is 0 Å². The van der Waals surface area contributed by atoms with Crippen molar-refractivity contribution in [1.82, 2.24) is 0 Å². The van der Waals surface area contributed by atoms with E-state index in [1.54, 1.807) is 0 Å². The van der Waals surface area contributed by atoms with Gasteiger partial charge < -0.3 is 0 Å². The molecule has 0 unspecified atom stereocenters. The van der Waals surface area contributed by atoms with Gasteiger partial charge in [0, 0.05) is 9.52 Å². The second kappa shape index (κ2) is 17.4. The molecule has 2 aromatic carbocycles. The molecule has 199 valence electrons. The van der Waals surface area contributed by atoms with E-state index in [0.29, 0.717) is 0 Å². The third kappa shape index (κ3) is 9.28. The quantitative estimate of drug-likeness (QED) is 0.129. The molecule has 6 rings (SSSR count). The van der Waals surface area contributed by atoms with Crippen molar-refractivity contribution < 1.29 is 20.8 Å². The van der Waals surface area contributed by atoms with Gasteiger partial charge in [0.15, 0.2) is 0 Å². The fraction of sp³-hybridized carbons (Fsp3) is 0.111. The molecule has 0 fully saturated rings. The van der Waals surface area contributed by atoms with Gasteiger partial charge >= 0.3 is 37.9 Å². The van der Waals surface area contributed by atoms with Crippen molar-refractivity contribution in [2.75, 3.05) is 0 Å². The number of hydrogen-bond acceptors (Lipinski definition) is 0. The van der Waals surface area contributed by atoms with Gasteiger partial charge in [-0.2, -0.15) is 23.3 Å². The average molecular weight is 656 g/mol. The predicted molar refractivity (Wildman–Crippen MR) is 175 cm³/mol. The molecular formula is C36H33Cl2SiZr. The molecule has 2 aromatic rings. The van der Waals surface area contributed by atoms with E-state index in [1.807, 2.05) is 12.1 Å². The molecule has 1 radical (unpaired) electrons. The van der Waals surface area contributed by atoms with Gasteiger partial charge in [-0.05, 0) is 11.1 Å². The van der Waals surface area contributed by atoms with E-state index >= 15 is 0 Å². The molecule has 0 heterocycles. The van der Waals surface area contributed by atoms with E-state index in [9.17, 15) is 0 Å². The summed E-state index contributed by atoms with van der Waals surface area (Å²) in [7, 11) is 10.6. The van der Waals surface area contributed by atoms with E-state index in [0.717, 1.165) is 9.52 Å². The third-order valence-electron chi connectivity index (χ3n) is 5.99. The van der Waals surface area contributed by atoms with Gasteiger partial charge in [0.2, 0.25) is 0 Å². The van der Waals surface area contributed by atoms with Crippen LogP contribution in [0.15, 0.2) is 121 Å². The van der Waals surface area contributed by atoms with Crippen molar-refractivity contribution in [1.29, 1.82) is 0 Å². The van der Waals surface area contributed by atoms with Gasteiger partial charge in [-0.3, -0.25) is 0 Å².